The Morgan fingerprint density at radius 1 is 0.872 bits per heavy atom. The van der Waals surface area contributed by atoms with Crippen molar-refractivity contribution in [1.82, 2.24) is 19.7 Å². The summed E-state index contributed by atoms with van der Waals surface area (Å²) in [5, 5.41) is 15.0. The molecule has 1 amide bonds. The van der Waals surface area contributed by atoms with E-state index in [2.05, 4.69) is 10.1 Å². The van der Waals surface area contributed by atoms with E-state index in [9.17, 15) is 9.90 Å². The van der Waals surface area contributed by atoms with Crippen LogP contribution in [0, 0.1) is 0 Å². The molecule has 1 heterocycles. The Labute approximate surface area is 246 Å². The predicted octanol–water partition coefficient (Wildman–Crippen LogP) is 4.93. The van der Waals surface area contributed by atoms with Gasteiger partial charge in [0.15, 0.2) is 5.75 Å². The number of ether oxygens (including phenoxy) is 4. The van der Waals surface area contributed by atoms with Crippen LogP contribution in [0.3, 0.4) is 0 Å². The number of carbonyl (C=O) groups excluding carboxylic acids is 1. The summed E-state index contributed by atoms with van der Waals surface area (Å²) in [6, 6.07) is 8.06. The molecule has 2 aromatic carbocycles. The van der Waals surface area contributed by atoms with Crippen molar-refractivity contribution in [3.63, 3.8) is 0 Å². The van der Waals surface area contributed by atoms with Gasteiger partial charge in [-0.15, -0.1) is 5.10 Å². The molecule has 0 aliphatic heterocycles. The number of hydrogen-bond donors (Lipinski definition) is 1. The number of phenolic OH excluding ortho intramolecular Hbond substituents is 1. The molecule has 0 aliphatic carbocycles. The van der Waals surface area contributed by atoms with Crippen molar-refractivity contribution in [3.8, 4) is 11.4 Å². The molecule has 212 valence electrons. The number of phenols is 1. The van der Waals surface area contributed by atoms with E-state index in [-0.39, 0.29) is 41.3 Å². The molecule has 0 saturated heterocycles. The van der Waals surface area contributed by atoms with Crippen molar-refractivity contribution in [2.24, 2.45) is 0 Å². The normalized spacial score (nSPS) is 11.2. The summed E-state index contributed by atoms with van der Waals surface area (Å²) in [6.07, 6.45) is 1.36. The summed E-state index contributed by atoms with van der Waals surface area (Å²) in [5.41, 5.74) is 1.20. The van der Waals surface area contributed by atoms with E-state index in [0.29, 0.717) is 55.4 Å². The quantitative estimate of drug-likeness (QED) is 0.225. The maximum Gasteiger partial charge on any atom is 0.293 e. The van der Waals surface area contributed by atoms with Crippen molar-refractivity contribution < 1.29 is 28.8 Å². The fourth-order valence-corrected chi connectivity index (χ4v) is 4.08. The van der Waals surface area contributed by atoms with Gasteiger partial charge in [-0.05, 0) is 29.8 Å². The first kappa shape index (κ1) is 31.4. The molecular formula is C25H28Cl4N4O6. The molecule has 0 bridgehead atoms. The largest absolute Gasteiger partial charge is 0.505 e. The molecule has 0 spiro atoms. The minimum absolute atomic E-state index is 0.0434. The van der Waals surface area contributed by atoms with Crippen molar-refractivity contribution in [2.45, 2.75) is 6.54 Å². The van der Waals surface area contributed by atoms with Gasteiger partial charge < -0.3 is 29.0 Å². The highest BCUT2D eigenvalue weighted by atomic mass is 35.5. The second-order valence-corrected chi connectivity index (χ2v) is 9.70. The molecule has 39 heavy (non-hydrogen) atoms. The lowest BCUT2D eigenvalue weighted by Crippen LogP contribution is -2.34. The van der Waals surface area contributed by atoms with Crippen LogP contribution in [0.25, 0.3) is 5.69 Å². The van der Waals surface area contributed by atoms with Gasteiger partial charge in [0.05, 0.1) is 72.0 Å². The molecule has 0 unspecified atom stereocenters. The summed E-state index contributed by atoms with van der Waals surface area (Å²) < 4.78 is 22.7. The van der Waals surface area contributed by atoms with Crippen LogP contribution < -0.4 is 0 Å². The zero-order valence-electron chi connectivity index (χ0n) is 21.1. The Balaban J connectivity index is 1.60. The number of amides is 1. The van der Waals surface area contributed by atoms with Gasteiger partial charge in [-0.25, -0.2) is 9.67 Å². The minimum Gasteiger partial charge on any atom is -0.505 e. The van der Waals surface area contributed by atoms with E-state index >= 15 is 0 Å². The topological polar surface area (TPSA) is 108 Å². The number of carbonyl (C=O) groups is 1. The van der Waals surface area contributed by atoms with Crippen molar-refractivity contribution in [3.05, 3.63) is 68.1 Å². The van der Waals surface area contributed by atoms with Gasteiger partial charge in [0, 0.05) is 20.2 Å². The standard InChI is InChI=1S/C25H28Cl4N4O6/c1-36-6-7-38-10-11-39-9-8-37-5-4-32(15-17-2-3-19(26)20(27)12-17)25(35)24-30-16-33(31-24)18-13-21(28)23(34)22(29)14-18/h2-3,12-14,16,34H,4-11,15H2,1H3. The maximum absolute atomic E-state index is 13.4. The second kappa shape index (κ2) is 16.2. The van der Waals surface area contributed by atoms with Gasteiger partial charge >= 0.3 is 0 Å². The molecule has 14 heteroatoms. The van der Waals surface area contributed by atoms with Crippen LogP contribution in [0.15, 0.2) is 36.7 Å². The van der Waals surface area contributed by atoms with Gasteiger partial charge in [-0.3, -0.25) is 4.79 Å². The minimum atomic E-state index is -0.427. The van der Waals surface area contributed by atoms with Crippen molar-refractivity contribution in [2.75, 3.05) is 59.9 Å². The molecule has 0 radical (unpaired) electrons. The third-order valence-corrected chi connectivity index (χ3v) is 6.59. The lowest BCUT2D eigenvalue weighted by atomic mass is 10.2. The lowest BCUT2D eigenvalue weighted by molar-refractivity contribution is 0.00100. The molecule has 1 N–H and O–H groups in total. The Hall–Kier alpha value is -2.15. The molecule has 3 aromatic rings. The Kier molecular flexibility index (Phi) is 13.0. The number of nitrogens with zero attached hydrogens (tertiary/aromatic N) is 4. The zero-order valence-corrected chi connectivity index (χ0v) is 24.1. The van der Waals surface area contributed by atoms with E-state index in [1.54, 1.807) is 30.2 Å². The Morgan fingerprint density at radius 3 is 2.10 bits per heavy atom. The number of benzene rings is 2. The fraction of sp³-hybridized carbons (Fsp3) is 0.400. The zero-order chi connectivity index (χ0) is 28.2. The van der Waals surface area contributed by atoms with Crippen molar-refractivity contribution in [1.29, 1.82) is 0 Å². The first-order valence-electron chi connectivity index (χ1n) is 11.9. The van der Waals surface area contributed by atoms with E-state index in [1.165, 1.54) is 23.1 Å². The summed E-state index contributed by atoms with van der Waals surface area (Å²) in [7, 11) is 1.62. The highest BCUT2D eigenvalue weighted by molar-refractivity contribution is 6.42. The number of methoxy groups -OCH3 is 1. The number of aromatic nitrogens is 3. The van der Waals surface area contributed by atoms with Gasteiger partial charge in [0.25, 0.3) is 5.91 Å². The smallest absolute Gasteiger partial charge is 0.293 e. The Morgan fingerprint density at radius 2 is 1.49 bits per heavy atom. The van der Waals surface area contributed by atoms with Crippen LogP contribution >= 0.6 is 46.4 Å². The van der Waals surface area contributed by atoms with E-state index in [0.717, 1.165) is 5.56 Å². The molecule has 0 saturated carbocycles. The summed E-state index contributed by atoms with van der Waals surface area (Å²) in [6.45, 7) is 3.44. The number of aromatic hydroxyl groups is 1. The van der Waals surface area contributed by atoms with Crippen LogP contribution in [0.5, 0.6) is 5.75 Å². The van der Waals surface area contributed by atoms with Gasteiger partial charge in [0.1, 0.15) is 6.33 Å². The third kappa shape index (κ3) is 9.77. The van der Waals surface area contributed by atoms with Gasteiger partial charge in [-0.2, -0.15) is 0 Å². The van der Waals surface area contributed by atoms with E-state index in [1.807, 2.05) is 0 Å². The molecule has 10 nitrogen and oxygen atoms in total. The van der Waals surface area contributed by atoms with Gasteiger partial charge in [0.2, 0.25) is 5.82 Å². The molecule has 3 rings (SSSR count). The van der Waals surface area contributed by atoms with E-state index in [4.69, 9.17) is 65.4 Å². The number of halogens is 4. The molecule has 0 fully saturated rings. The lowest BCUT2D eigenvalue weighted by Gasteiger charge is -2.22. The Bertz CT molecular complexity index is 1210. The van der Waals surface area contributed by atoms with Crippen LogP contribution in [0.4, 0.5) is 0 Å². The van der Waals surface area contributed by atoms with E-state index < -0.39 is 5.91 Å². The monoisotopic (exact) mass is 620 g/mol. The summed E-state index contributed by atoms with van der Waals surface area (Å²) >= 11 is 24.2. The molecule has 1 aromatic heterocycles. The summed E-state index contributed by atoms with van der Waals surface area (Å²) in [5.74, 6) is -0.719. The van der Waals surface area contributed by atoms with Crippen LogP contribution in [-0.2, 0) is 25.5 Å². The first-order valence-corrected chi connectivity index (χ1v) is 13.4. The average Bonchev–Trinajstić information content (AvgIpc) is 3.41. The summed E-state index contributed by atoms with van der Waals surface area (Å²) in [4.78, 5) is 19.1. The average molecular weight is 622 g/mol. The molecular weight excluding hydrogens is 594 g/mol. The molecule has 0 aliphatic rings. The highest BCUT2D eigenvalue weighted by Gasteiger charge is 2.21. The fourth-order valence-electron chi connectivity index (χ4n) is 3.28. The number of rotatable bonds is 16. The number of hydrogen-bond acceptors (Lipinski definition) is 8. The van der Waals surface area contributed by atoms with Crippen LogP contribution in [0.1, 0.15) is 16.2 Å². The SMILES string of the molecule is COCCOCCOCCOCCN(Cc1ccc(Cl)c(Cl)c1)C(=O)c1ncn(-c2cc(Cl)c(O)c(Cl)c2)n1. The highest BCUT2D eigenvalue weighted by Crippen LogP contribution is 2.33. The maximum atomic E-state index is 13.4. The van der Waals surface area contributed by atoms with Crippen LogP contribution in [0.2, 0.25) is 20.1 Å². The third-order valence-electron chi connectivity index (χ3n) is 5.28. The van der Waals surface area contributed by atoms with Gasteiger partial charge in [-0.1, -0.05) is 52.5 Å². The predicted molar refractivity (Wildman–Crippen MR) is 149 cm³/mol. The van der Waals surface area contributed by atoms with Crippen molar-refractivity contribution >= 4 is 52.3 Å². The first-order chi connectivity index (χ1) is 18.8. The van der Waals surface area contributed by atoms with Crippen LogP contribution in [-0.4, -0.2) is 90.6 Å². The second-order valence-electron chi connectivity index (χ2n) is 8.08. The molecule has 0 atom stereocenters.